The number of benzene rings is 3. The molecule has 0 fully saturated rings. The summed E-state index contributed by atoms with van der Waals surface area (Å²) in [5.74, 6) is 0. The zero-order chi connectivity index (χ0) is 25.5. The molecule has 1 nitrogen and oxygen atoms in total. The van der Waals surface area contributed by atoms with Gasteiger partial charge in [0.2, 0.25) is 5.69 Å². The van der Waals surface area contributed by atoms with Crippen LogP contribution in [0.25, 0.3) is 33.5 Å². The van der Waals surface area contributed by atoms with Crippen LogP contribution in [0, 0.1) is 27.6 Å². The molecule has 0 amide bonds. The first-order chi connectivity index (χ1) is 16.4. The van der Waals surface area contributed by atoms with Gasteiger partial charge in [-0.2, -0.15) is 0 Å². The van der Waals surface area contributed by atoms with Crippen molar-refractivity contribution in [3.63, 3.8) is 0 Å². The second-order valence-electron chi connectivity index (χ2n) is 7.47. The van der Waals surface area contributed by atoms with Gasteiger partial charge in [-0.25, -0.2) is 4.57 Å². The molecule has 0 unspecified atom stereocenters. The Morgan fingerprint density at radius 2 is 1.41 bits per heavy atom. The summed E-state index contributed by atoms with van der Waals surface area (Å²) in [5, 5.41) is 0. The highest BCUT2D eigenvalue weighted by molar-refractivity contribution is 5.80. The largest absolute Gasteiger partial charge is 0.212 e. The minimum absolute atomic E-state index is 0.303. The zero-order valence-corrected chi connectivity index (χ0v) is 17.0. The molecule has 0 saturated carbocycles. The molecule has 4 aromatic rings. The van der Waals surface area contributed by atoms with Crippen molar-refractivity contribution in [1.29, 1.82) is 0 Å². The predicted molar refractivity (Wildman–Crippen MR) is 123 cm³/mol. The lowest BCUT2D eigenvalue weighted by Crippen LogP contribution is -2.31. The Morgan fingerprint density at radius 3 is 2.17 bits per heavy atom. The molecule has 1 heteroatoms. The molecular weight excluding hydrogens is 350 g/mol. The monoisotopic (exact) mass is 384 g/mol. The third-order valence-corrected chi connectivity index (χ3v) is 5.51. The van der Waals surface area contributed by atoms with Gasteiger partial charge in [0.15, 0.2) is 6.20 Å². The molecule has 0 radical (unpaired) electrons. The third-order valence-electron chi connectivity index (χ3n) is 5.51. The summed E-state index contributed by atoms with van der Waals surface area (Å²) in [4.78, 5) is 0. The van der Waals surface area contributed by atoms with Gasteiger partial charge in [-0.3, -0.25) is 0 Å². The minimum atomic E-state index is -2.29. The highest BCUT2D eigenvalue weighted by Crippen LogP contribution is 2.34. The molecule has 0 N–H and O–H groups in total. The maximum absolute atomic E-state index is 8.23. The van der Waals surface area contributed by atoms with Crippen LogP contribution >= 0.6 is 0 Å². The van der Waals surface area contributed by atoms with Gasteiger partial charge in [-0.15, -0.1) is 0 Å². The topological polar surface area (TPSA) is 3.88 Å². The van der Waals surface area contributed by atoms with E-state index >= 15 is 0 Å². The number of hydrogen-bond donors (Lipinski definition) is 0. The lowest BCUT2D eigenvalue weighted by atomic mass is 9.90. The van der Waals surface area contributed by atoms with E-state index in [0.717, 1.165) is 33.5 Å². The molecular formula is C28H28N+. The third kappa shape index (κ3) is 3.61. The Hall–Kier alpha value is -3.19. The highest BCUT2D eigenvalue weighted by Gasteiger charge is 2.17. The molecule has 0 atom stereocenters. The molecule has 144 valence electrons. The molecule has 0 aliphatic heterocycles. The smallest absolute Gasteiger partial charge is 0.201 e. The van der Waals surface area contributed by atoms with Gasteiger partial charge in [0.05, 0.1) is 0 Å². The van der Waals surface area contributed by atoms with Crippen LogP contribution in [-0.4, -0.2) is 0 Å². The molecule has 0 bridgehead atoms. The summed E-state index contributed by atoms with van der Waals surface area (Å²) >= 11 is 0. The molecule has 0 spiro atoms. The fourth-order valence-corrected chi connectivity index (χ4v) is 3.81. The van der Waals surface area contributed by atoms with Crippen LogP contribution in [0.1, 0.15) is 30.5 Å². The van der Waals surface area contributed by atoms with Crippen molar-refractivity contribution >= 4 is 0 Å². The first-order valence-electron chi connectivity index (χ1n) is 12.7. The predicted octanol–water partition coefficient (Wildman–Crippen LogP) is 6.75. The van der Waals surface area contributed by atoms with Gasteiger partial charge < -0.3 is 0 Å². The van der Waals surface area contributed by atoms with E-state index in [4.69, 9.17) is 8.22 Å². The number of hydrogen-bond acceptors (Lipinski definition) is 0. The van der Waals surface area contributed by atoms with Crippen LogP contribution in [0.5, 0.6) is 0 Å². The zero-order valence-electron chi connectivity index (χ0n) is 23.0. The Balaban J connectivity index is 1.89. The van der Waals surface area contributed by atoms with E-state index in [9.17, 15) is 0 Å². The van der Waals surface area contributed by atoms with E-state index in [2.05, 4.69) is 0 Å². The first-order valence-corrected chi connectivity index (χ1v) is 9.69. The van der Waals surface area contributed by atoms with Crippen molar-refractivity contribution in [3.8, 4) is 33.5 Å². The van der Waals surface area contributed by atoms with Gasteiger partial charge >= 0.3 is 0 Å². The second kappa shape index (κ2) is 7.67. The molecule has 0 aliphatic carbocycles. The van der Waals surface area contributed by atoms with Crippen LogP contribution in [0.4, 0.5) is 0 Å². The van der Waals surface area contributed by atoms with Crippen LogP contribution in [0.15, 0.2) is 79.0 Å². The minimum Gasteiger partial charge on any atom is -0.201 e. The lowest BCUT2D eigenvalue weighted by molar-refractivity contribution is -0.660. The molecule has 29 heavy (non-hydrogen) atoms. The summed E-state index contributed by atoms with van der Waals surface area (Å²) in [5.41, 5.74) is 7.37. The summed E-state index contributed by atoms with van der Waals surface area (Å²) in [6, 6.07) is 23.1. The number of rotatable bonds is 3. The standard InChI is InChI=1S/C28H28N/c1-19-17-28(29(5)18-21(19)3)27-13-9-12-26(22(27)4)25-15-14-24(16-20(25)2)23-10-7-6-8-11-23/h6-18H,1-5H3/q+1/i2D3,3D3. The van der Waals surface area contributed by atoms with Crippen molar-refractivity contribution in [3.05, 3.63) is 101 Å². The quantitative estimate of drug-likeness (QED) is 0.344. The normalized spacial score (nSPS) is 14.9. The van der Waals surface area contributed by atoms with Gasteiger partial charge in [-0.1, -0.05) is 60.7 Å². The van der Waals surface area contributed by atoms with Gasteiger partial charge in [-0.05, 0) is 72.6 Å². The average molecular weight is 385 g/mol. The Labute approximate surface area is 182 Å². The van der Waals surface area contributed by atoms with Gasteiger partial charge in [0, 0.05) is 25.4 Å². The van der Waals surface area contributed by atoms with Crippen LogP contribution in [0.3, 0.4) is 0 Å². The van der Waals surface area contributed by atoms with Crippen molar-refractivity contribution in [2.45, 2.75) is 27.6 Å². The molecule has 0 saturated heterocycles. The van der Waals surface area contributed by atoms with Crippen molar-refractivity contribution < 1.29 is 12.8 Å². The maximum atomic E-state index is 8.23. The number of aryl methyl sites for hydroxylation is 4. The Kier molecular flexibility index (Phi) is 3.47. The Bertz CT molecular complexity index is 1390. The number of nitrogens with zero attached hydrogens (tertiary/aromatic N) is 1. The van der Waals surface area contributed by atoms with Crippen LogP contribution < -0.4 is 4.57 Å². The van der Waals surface area contributed by atoms with Crippen LogP contribution in [0.2, 0.25) is 0 Å². The molecule has 1 aromatic heterocycles. The summed E-state index contributed by atoms with van der Waals surface area (Å²) in [6.07, 6.45) is 1.66. The van der Waals surface area contributed by atoms with E-state index in [1.54, 1.807) is 19.2 Å². The highest BCUT2D eigenvalue weighted by atomic mass is 14.9. The SMILES string of the molecule is [2H]C([2H])([2H])c1c[n+](C)c(-c2cccc(-c3ccc(-c4ccccc4)cc3C([2H])([2H])[2H])c2C)cc1C. The lowest BCUT2D eigenvalue weighted by Gasteiger charge is -2.14. The van der Waals surface area contributed by atoms with Crippen molar-refractivity contribution in [2.75, 3.05) is 0 Å². The van der Waals surface area contributed by atoms with E-state index in [1.807, 2.05) is 85.3 Å². The van der Waals surface area contributed by atoms with Crippen LogP contribution in [-0.2, 0) is 7.05 Å². The summed E-state index contributed by atoms with van der Waals surface area (Å²) < 4.78 is 49.9. The fraction of sp³-hybridized carbons (Fsp3) is 0.179. The van der Waals surface area contributed by atoms with E-state index in [1.165, 1.54) is 0 Å². The number of pyridine rings is 1. The average Bonchev–Trinajstić information content (AvgIpc) is 2.79. The van der Waals surface area contributed by atoms with E-state index in [-0.39, 0.29) is 0 Å². The molecule has 0 aliphatic rings. The summed E-state index contributed by atoms with van der Waals surface area (Å²) in [6.45, 7) is -0.691. The summed E-state index contributed by atoms with van der Waals surface area (Å²) in [7, 11) is 1.83. The van der Waals surface area contributed by atoms with Crippen molar-refractivity contribution in [1.82, 2.24) is 0 Å². The Morgan fingerprint density at radius 1 is 0.655 bits per heavy atom. The van der Waals surface area contributed by atoms with Crippen molar-refractivity contribution in [2.24, 2.45) is 7.05 Å². The van der Waals surface area contributed by atoms with E-state index in [0.29, 0.717) is 22.3 Å². The molecule has 3 aromatic carbocycles. The molecule has 4 rings (SSSR count). The first kappa shape index (κ1) is 13.1. The molecule has 1 heterocycles. The van der Waals surface area contributed by atoms with E-state index < -0.39 is 13.7 Å². The maximum Gasteiger partial charge on any atom is 0.212 e. The number of aromatic nitrogens is 1. The van der Waals surface area contributed by atoms with Gasteiger partial charge in [0.1, 0.15) is 7.05 Å². The fourth-order valence-electron chi connectivity index (χ4n) is 3.81. The van der Waals surface area contributed by atoms with Gasteiger partial charge in [0.25, 0.3) is 0 Å². The second-order valence-corrected chi connectivity index (χ2v) is 7.47.